The minimum atomic E-state index is 0.591. The number of nitrogens with one attached hydrogen (secondary N) is 1. The van der Waals surface area contributed by atoms with Crippen molar-refractivity contribution < 1.29 is 0 Å². The Labute approximate surface area is 148 Å². The SMILES string of the molecule is c1cnn(-c2ccc(N3CCC(NCc4ccncc4)CC3)cc2)c1. The van der Waals surface area contributed by atoms with Crippen LogP contribution in [0, 0.1) is 0 Å². The Morgan fingerprint density at radius 1 is 0.920 bits per heavy atom. The molecule has 2 aromatic heterocycles. The van der Waals surface area contributed by atoms with Gasteiger partial charge >= 0.3 is 0 Å². The van der Waals surface area contributed by atoms with Gasteiger partial charge in [0.2, 0.25) is 0 Å². The summed E-state index contributed by atoms with van der Waals surface area (Å²) in [5.74, 6) is 0. The van der Waals surface area contributed by atoms with Crippen LogP contribution in [0.1, 0.15) is 18.4 Å². The number of piperidine rings is 1. The van der Waals surface area contributed by atoms with Gasteiger partial charge in [0.05, 0.1) is 5.69 Å². The lowest BCUT2D eigenvalue weighted by atomic mass is 10.0. The highest BCUT2D eigenvalue weighted by molar-refractivity contribution is 5.51. The molecule has 1 aromatic carbocycles. The molecule has 3 heterocycles. The van der Waals surface area contributed by atoms with Crippen molar-refractivity contribution in [3.8, 4) is 5.69 Å². The van der Waals surface area contributed by atoms with Gasteiger partial charge < -0.3 is 10.2 Å². The number of anilines is 1. The van der Waals surface area contributed by atoms with Crippen molar-refractivity contribution in [3.05, 3.63) is 72.8 Å². The largest absolute Gasteiger partial charge is 0.371 e. The van der Waals surface area contributed by atoms with Crippen LogP contribution in [-0.4, -0.2) is 33.9 Å². The molecule has 5 heteroatoms. The predicted octanol–water partition coefficient (Wildman–Crippen LogP) is 3.03. The van der Waals surface area contributed by atoms with Gasteiger partial charge in [0.1, 0.15) is 0 Å². The van der Waals surface area contributed by atoms with E-state index in [1.165, 1.54) is 24.1 Å². The Hall–Kier alpha value is -2.66. The summed E-state index contributed by atoms with van der Waals surface area (Å²) in [6, 6.07) is 15.3. The minimum Gasteiger partial charge on any atom is -0.371 e. The smallest absolute Gasteiger partial charge is 0.0647 e. The average molecular weight is 333 g/mol. The molecule has 0 spiro atoms. The van der Waals surface area contributed by atoms with E-state index in [4.69, 9.17) is 0 Å². The molecule has 0 aliphatic carbocycles. The molecule has 0 radical (unpaired) electrons. The summed E-state index contributed by atoms with van der Waals surface area (Å²) in [4.78, 5) is 6.54. The first-order valence-corrected chi connectivity index (χ1v) is 8.86. The topological polar surface area (TPSA) is 46.0 Å². The van der Waals surface area contributed by atoms with Crippen LogP contribution < -0.4 is 10.2 Å². The lowest BCUT2D eigenvalue weighted by molar-refractivity contribution is 0.414. The molecule has 1 aliphatic rings. The number of pyridine rings is 1. The summed E-state index contributed by atoms with van der Waals surface area (Å²) < 4.78 is 1.89. The van der Waals surface area contributed by atoms with Gasteiger partial charge in [0, 0.05) is 56.2 Å². The monoisotopic (exact) mass is 333 g/mol. The summed E-state index contributed by atoms with van der Waals surface area (Å²) in [6.07, 6.45) is 9.82. The standard InChI is InChI=1S/C20H23N5/c1-10-23-25(13-1)20-4-2-19(3-5-20)24-14-8-18(9-15-24)22-16-17-6-11-21-12-7-17/h1-7,10-13,18,22H,8-9,14-16H2. The van der Waals surface area contributed by atoms with E-state index >= 15 is 0 Å². The van der Waals surface area contributed by atoms with E-state index in [0.29, 0.717) is 6.04 Å². The zero-order valence-corrected chi connectivity index (χ0v) is 14.3. The quantitative estimate of drug-likeness (QED) is 0.780. The molecule has 1 fully saturated rings. The molecule has 128 valence electrons. The fraction of sp³-hybridized carbons (Fsp3) is 0.300. The Kier molecular flexibility index (Phi) is 4.74. The number of hydrogen-bond acceptors (Lipinski definition) is 4. The molecule has 0 amide bonds. The van der Waals surface area contributed by atoms with E-state index in [9.17, 15) is 0 Å². The van der Waals surface area contributed by atoms with Crippen LogP contribution in [0.5, 0.6) is 0 Å². The van der Waals surface area contributed by atoms with Crippen LogP contribution in [0.4, 0.5) is 5.69 Å². The average Bonchev–Trinajstić information content (AvgIpc) is 3.23. The van der Waals surface area contributed by atoms with Crippen LogP contribution in [0.25, 0.3) is 5.69 Å². The number of rotatable bonds is 5. The van der Waals surface area contributed by atoms with E-state index in [1.807, 2.05) is 29.3 Å². The zero-order valence-electron chi connectivity index (χ0n) is 14.3. The molecule has 1 N–H and O–H groups in total. The number of nitrogens with zero attached hydrogens (tertiary/aromatic N) is 4. The Balaban J connectivity index is 1.29. The third-order valence-electron chi connectivity index (χ3n) is 4.82. The summed E-state index contributed by atoms with van der Waals surface area (Å²) in [7, 11) is 0. The fourth-order valence-electron chi connectivity index (χ4n) is 3.34. The number of hydrogen-bond donors (Lipinski definition) is 1. The van der Waals surface area contributed by atoms with Gasteiger partial charge in [0.15, 0.2) is 0 Å². The summed E-state index contributed by atoms with van der Waals surface area (Å²) in [5, 5.41) is 7.95. The van der Waals surface area contributed by atoms with E-state index in [1.54, 1.807) is 6.20 Å². The number of benzene rings is 1. The molecule has 1 aliphatic heterocycles. The molecular formula is C20H23N5. The molecule has 0 atom stereocenters. The van der Waals surface area contributed by atoms with E-state index in [-0.39, 0.29) is 0 Å². The molecule has 5 nitrogen and oxygen atoms in total. The predicted molar refractivity (Wildman–Crippen MR) is 99.9 cm³/mol. The molecular weight excluding hydrogens is 310 g/mol. The van der Waals surface area contributed by atoms with Crippen LogP contribution in [0.3, 0.4) is 0 Å². The van der Waals surface area contributed by atoms with Gasteiger partial charge in [0.25, 0.3) is 0 Å². The van der Waals surface area contributed by atoms with Gasteiger partial charge in [-0.05, 0) is 60.9 Å². The van der Waals surface area contributed by atoms with Gasteiger partial charge in [-0.2, -0.15) is 5.10 Å². The molecule has 3 aromatic rings. The molecule has 0 unspecified atom stereocenters. The van der Waals surface area contributed by atoms with Crippen molar-refractivity contribution in [1.82, 2.24) is 20.1 Å². The summed E-state index contributed by atoms with van der Waals surface area (Å²) in [5.41, 5.74) is 3.69. The van der Waals surface area contributed by atoms with Gasteiger partial charge in [-0.1, -0.05) is 0 Å². The Morgan fingerprint density at radius 3 is 2.32 bits per heavy atom. The van der Waals surface area contributed by atoms with Crippen LogP contribution in [0.15, 0.2) is 67.3 Å². The first-order valence-electron chi connectivity index (χ1n) is 8.86. The second kappa shape index (κ2) is 7.49. The van der Waals surface area contributed by atoms with Crippen LogP contribution in [0.2, 0.25) is 0 Å². The van der Waals surface area contributed by atoms with E-state index in [0.717, 1.165) is 25.3 Å². The second-order valence-corrected chi connectivity index (χ2v) is 6.46. The highest BCUT2D eigenvalue weighted by Crippen LogP contribution is 2.21. The fourth-order valence-corrected chi connectivity index (χ4v) is 3.34. The first kappa shape index (κ1) is 15.8. The van der Waals surface area contributed by atoms with Gasteiger partial charge in [-0.15, -0.1) is 0 Å². The van der Waals surface area contributed by atoms with E-state index in [2.05, 4.69) is 56.7 Å². The normalized spacial score (nSPS) is 15.4. The van der Waals surface area contributed by atoms with Gasteiger partial charge in [-0.3, -0.25) is 4.98 Å². The third kappa shape index (κ3) is 3.88. The molecule has 4 rings (SSSR count). The minimum absolute atomic E-state index is 0.591. The molecule has 1 saturated heterocycles. The lowest BCUT2D eigenvalue weighted by Gasteiger charge is -2.34. The zero-order chi connectivity index (χ0) is 16.9. The first-order chi connectivity index (χ1) is 12.4. The Bertz CT molecular complexity index is 760. The maximum Gasteiger partial charge on any atom is 0.0647 e. The van der Waals surface area contributed by atoms with Crippen LogP contribution >= 0.6 is 0 Å². The maximum absolute atomic E-state index is 4.27. The van der Waals surface area contributed by atoms with Crippen molar-refractivity contribution >= 4 is 5.69 Å². The van der Waals surface area contributed by atoms with Gasteiger partial charge in [-0.25, -0.2) is 4.68 Å². The van der Waals surface area contributed by atoms with Crippen LogP contribution in [-0.2, 0) is 6.54 Å². The molecule has 0 saturated carbocycles. The lowest BCUT2D eigenvalue weighted by Crippen LogP contribution is -2.42. The second-order valence-electron chi connectivity index (χ2n) is 6.46. The van der Waals surface area contributed by atoms with Crippen molar-refractivity contribution in [1.29, 1.82) is 0 Å². The van der Waals surface area contributed by atoms with E-state index < -0.39 is 0 Å². The molecule has 0 bridgehead atoms. The summed E-state index contributed by atoms with van der Waals surface area (Å²) >= 11 is 0. The highest BCUT2D eigenvalue weighted by Gasteiger charge is 2.19. The maximum atomic E-state index is 4.27. The van der Waals surface area contributed by atoms with Crippen molar-refractivity contribution in [2.24, 2.45) is 0 Å². The van der Waals surface area contributed by atoms with Crippen molar-refractivity contribution in [2.75, 3.05) is 18.0 Å². The molecule has 25 heavy (non-hydrogen) atoms. The summed E-state index contributed by atoms with van der Waals surface area (Å²) in [6.45, 7) is 3.11. The van der Waals surface area contributed by atoms with Crippen molar-refractivity contribution in [3.63, 3.8) is 0 Å². The third-order valence-corrected chi connectivity index (χ3v) is 4.82. The highest BCUT2D eigenvalue weighted by atomic mass is 15.3. The van der Waals surface area contributed by atoms with Crippen molar-refractivity contribution in [2.45, 2.75) is 25.4 Å². The number of aromatic nitrogens is 3. The Morgan fingerprint density at radius 2 is 1.64 bits per heavy atom.